The Kier molecular flexibility index (Phi) is 7.34. The molecule has 0 saturated carbocycles. The van der Waals surface area contributed by atoms with E-state index in [4.69, 9.17) is 0 Å². The number of nitrogens with zero attached hydrogens (tertiary/aromatic N) is 1. The molecular formula is C17H32N+. The van der Waals surface area contributed by atoms with E-state index in [0.29, 0.717) is 0 Å². The summed E-state index contributed by atoms with van der Waals surface area (Å²) in [4.78, 5) is 0. The minimum absolute atomic E-state index is 1.03. The van der Waals surface area contributed by atoms with Gasteiger partial charge in [0.1, 0.15) is 12.4 Å². The Morgan fingerprint density at radius 3 is 2.28 bits per heavy atom. The van der Waals surface area contributed by atoms with Crippen LogP contribution >= 0.6 is 0 Å². The fraction of sp³-hybridized carbons (Fsp3) is 0.765. The Morgan fingerprint density at radius 2 is 1.56 bits per heavy atom. The third-order valence-electron chi connectivity index (χ3n) is 3.90. The summed E-state index contributed by atoms with van der Waals surface area (Å²) in [5, 5.41) is 0. The number of hydrogen-bond donors (Lipinski definition) is 0. The van der Waals surface area contributed by atoms with Crippen molar-refractivity contribution in [1.82, 2.24) is 0 Å². The lowest BCUT2D eigenvalue weighted by atomic mass is 10.1. The van der Waals surface area contributed by atoms with Crippen molar-refractivity contribution in [2.24, 2.45) is 0 Å². The lowest BCUT2D eigenvalue weighted by Gasteiger charge is -2.23. The van der Waals surface area contributed by atoms with E-state index in [0.717, 1.165) is 4.48 Å². The van der Waals surface area contributed by atoms with E-state index in [-0.39, 0.29) is 0 Å². The molecule has 0 saturated heterocycles. The largest absolute Gasteiger partial charge is 0.273 e. The number of hydrogen-bond acceptors (Lipinski definition) is 0. The first-order valence-corrected chi connectivity index (χ1v) is 7.96. The molecule has 1 nitrogen and oxygen atoms in total. The van der Waals surface area contributed by atoms with Gasteiger partial charge in [0, 0.05) is 11.6 Å². The zero-order chi connectivity index (χ0) is 13.3. The van der Waals surface area contributed by atoms with Gasteiger partial charge in [0.05, 0.1) is 13.6 Å². The second-order valence-corrected chi connectivity index (χ2v) is 5.96. The van der Waals surface area contributed by atoms with Crippen molar-refractivity contribution in [3.63, 3.8) is 0 Å². The average Bonchev–Trinajstić information content (AvgIpc) is 2.73. The van der Waals surface area contributed by atoms with Crippen LogP contribution in [-0.2, 0) is 0 Å². The average molecular weight is 250 g/mol. The molecule has 1 heterocycles. The lowest BCUT2D eigenvalue weighted by molar-refractivity contribution is -0.804. The fourth-order valence-electron chi connectivity index (χ4n) is 2.63. The standard InChI is InChI=1S/C17H32N/c1-4-6-8-9-10-11-14-18(3)15-13-17(16-18)12-7-5-2/h13,15-16H,4-12,14H2,1-3H3/q+1. The zero-order valence-electron chi connectivity index (χ0n) is 12.8. The highest BCUT2D eigenvalue weighted by Crippen LogP contribution is 2.23. The second-order valence-electron chi connectivity index (χ2n) is 5.96. The maximum Gasteiger partial charge on any atom is 0.104 e. The Labute approximate surface area is 114 Å². The van der Waals surface area contributed by atoms with E-state index in [1.807, 2.05) is 0 Å². The van der Waals surface area contributed by atoms with Gasteiger partial charge in [-0.05, 0) is 25.7 Å². The first kappa shape index (κ1) is 15.5. The number of unbranched alkanes of at least 4 members (excludes halogenated alkanes) is 6. The van der Waals surface area contributed by atoms with Gasteiger partial charge in [-0.25, -0.2) is 0 Å². The first-order chi connectivity index (χ1) is 8.70. The molecule has 0 bridgehead atoms. The van der Waals surface area contributed by atoms with Gasteiger partial charge in [0.2, 0.25) is 0 Å². The molecule has 0 aromatic carbocycles. The van der Waals surface area contributed by atoms with Gasteiger partial charge in [-0.3, -0.25) is 4.48 Å². The summed E-state index contributed by atoms with van der Waals surface area (Å²) in [5.41, 5.74) is 1.55. The molecule has 0 fully saturated rings. The minimum atomic E-state index is 1.03. The van der Waals surface area contributed by atoms with Crippen molar-refractivity contribution in [1.29, 1.82) is 0 Å². The van der Waals surface area contributed by atoms with Crippen LogP contribution < -0.4 is 0 Å². The molecule has 1 unspecified atom stereocenters. The maximum absolute atomic E-state index is 2.46. The van der Waals surface area contributed by atoms with E-state index in [9.17, 15) is 0 Å². The van der Waals surface area contributed by atoms with Crippen LogP contribution in [0.2, 0.25) is 0 Å². The molecule has 0 aromatic heterocycles. The van der Waals surface area contributed by atoms with E-state index < -0.39 is 0 Å². The van der Waals surface area contributed by atoms with E-state index >= 15 is 0 Å². The summed E-state index contributed by atoms with van der Waals surface area (Å²) < 4.78 is 1.03. The van der Waals surface area contributed by atoms with Crippen LogP contribution in [0.5, 0.6) is 0 Å². The summed E-state index contributed by atoms with van der Waals surface area (Å²) in [6.07, 6.45) is 19.4. The van der Waals surface area contributed by atoms with E-state index in [1.54, 1.807) is 5.57 Å². The molecule has 1 aliphatic rings. The van der Waals surface area contributed by atoms with Crippen molar-refractivity contribution >= 4 is 0 Å². The predicted molar refractivity (Wildman–Crippen MR) is 81.2 cm³/mol. The number of quaternary nitrogens is 1. The molecule has 0 amide bonds. The van der Waals surface area contributed by atoms with Crippen LogP contribution in [-0.4, -0.2) is 18.1 Å². The smallest absolute Gasteiger partial charge is 0.104 e. The zero-order valence-corrected chi connectivity index (χ0v) is 12.8. The van der Waals surface area contributed by atoms with Gasteiger partial charge in [0.15, 0.2) is 0 Å². The summed E-state index contributed by atoms with van der Waals surface area (Å²) in [6, 6.07) is 0. The summed E-state index contributed by atoms with van der Waals surface area (Å²) in [5.74, 6) is 0. The topological polar surface area (TPSA) is 0 Å². The van der Waals surface area contributed by atoms with Crippen LogP contribution in [0.3, 0.4) is 0 Å². The Morgan fingerprint density at radius 1 is 0.889 bits per heavy atom. The number of allylic oxidation sites excluding steroid dienone is 2. The summed E-state index contributed by atoms with van der Waals surface area (Å²) in [6.45, 7) is 5.83. The molecule has 18 heavy (non-hydrogen) atoms. The number of rotatable bonds is 10. The summed E-state index contributed by atoms with van der Waals surface area (Å²) >= 11 is 0. The third kappa shape index (κ3) is 5.86. The van der Waals surface area contributed by atoms with Crippen LogP contribution in [0.15, 0.2) is 24.0 Å². The molecule has 1 rings (SSSR count). The molecular weight excluding hydrogens is 218 g/mol. The normalized spacial score (nSPS) is 22.5. The Hall–Kier alpha value is -0.560. The summed E-state index contributed by atoms with van der Waals surface area (Å²) in [7, 11) is 2.33. The minimum Gasteiger partial charge on any atom is -0.273 e. The highest BCUT2D eigenvalue weighted by molar-refractivity contribution is 5.19. The van der Waals surface area contributed by atoms with Gasteiger partial charge < -0.3 is 0 Å². The van der Waals surface area contributed by atoms with Gasteiger partial charge in [-0.15, -0.1) is 0 Å². The van der Waals surface area contributed by atoms with Crippen molar-refractivity contribution in [2.75, 3.05) is 13.6 Å². The highest BCUT2D eigenvalue weighted by Gasteiger charge is 2.21. The van der Waals surface area contributed by atoms with Crippen LogP contribution in [0.4, 0.5) is 0 Å². The van der Waals surface area contributed by atoms with Crippen LogP contribution in [0, 0.1) is 0 Å². The van der Waals surface area contributed by atoms with Crippen molar-refractivity contribution in [2.45, 2.75) is 71.6 Å². The highest BCUT2D eigenvalue weighted by atomic mass is 15.3. The molecule has 0 aromatic rings. The Bertz CT molecular complexity index is 277. The quantitative estimate of drug-likeness (QED) is 0.360. The van der Waals surface area contributed by atoms with Gasteiger partial charge in [-0.2, -0.15) is 0 Å². The predicted octanol–water partition coefficient (Wildman–Crippen LogP) is 5.39. The second kappa shape index (κ2) is 8.53. The molecule has 1 heteroatoms. The Balaban J connectivity index is 2.17. The molecule has 0 radical (unpaired) electrons. The lowest BCUT2D eigenvalue weighted by Crippen LogP contribution is -2.31. The monoisotopic (exact) mass is 250 g/mol. The molecule has 0 N–H and O–H groups in total. The fourth-order valence-corrected chi connectivity index (χ4v) is 2.63. The van der Waals surface area contributed by atoms with Gasteiger partial charge >= 0.3 is 0 Å². The van der Waals surface area contributed by atoms with Crippen LogP contribution in [0.25, 0.3) is 0 Å². The van der Waals surface area contributed by atoms with Crippen LogP contribution in [0.1, 0.15) is 71.6 Å². The van der Waals surface area contributed by atoms with Crippen molar-refractivity contribution in [3.8, 4) is 0 Å². The van der Waals surface area contributed by atoms with E-state index in [1.165, 1.54) is 64.3 Å². The molecule has 104 valence electrons. The molecule has 0 spiro atoms. The van der Waals surface area contributed by atoms with Gasteiger partial charge in [-0.1, -0.05) is 46.0 Å². The van der Waals surface area contributed by atoms with Gasteiger partial charge in [0.25, 0.3) is 0 Å². The van der Waals surface area contributed by atoms with Crippen molar-refractivity contribution < 1.29 is 4.48 Å². The van der Waals surface area contributed by atoms with E-state index in [2.05, 4.69) is 39.4 Å². The third-order valence-corrected chi connectivity index (χ3v) is 3.90. The maximum atomic E-state index is 2.46. The molecule has 1 aliphatic heterocycles. The first-order valence-electron chi connectivity index (χ1n) is 7.96. The van der Waals surface area contributed by atoms with Crippen molar-refractivity contribution in [3.05, 3.63) is 24.0 Å². The SMILES string of the molecule is CCCCCCCC[N+]1(C)C=CC(CCCC)=C1. The molecule has 1 atom stereocenters. The molecule has 0 aliphatic carbocycles.